The highest BCUT2D eigenvalue weighted by molar-refractivity contribution is 5.97. The molecule has 0 aliphatic carbocycles. The number of ketones is 1. The summed E-state index contributed by atoms with van der Waals surface area (Å²) in [5.74, 6) is 1.47. The predicted molar refractivity (Wildman–Crippen MR) is 105 cm³/mol. The molecule has 1 aliphatic rings. The van der Waals surface area contributed by atoms with Crippen molar-refractivity contribution in [1.29, 1.82) is 0 Å². The molecule has 27 heavy (non-hydrogen) atoms. The number of hydrogen-bond donors (Lipinski definition) is 1. The Kier molecular flexibility index (Phi) is 5.01. The molecule has 1 aliphatic heterocycles. The van der Waals surface area contributed by atoms with E-state index in [1.807, 2.05) is 47.4 Å². The van der Waals surface area contributed by atoms with Crippen molar-refractivity contribution in [1.82, 2.24) is 14.9 Å². The Hall–Kier alpha value is -2.95. The topological polar surface area (TPSA) is 66.1 Å². The minimum absolute atomic E-state index is 0.0288. The number of para-hydroxylation sites is 2. The number of likely N-dealkylation sites (tertiary alicyclic amines) is 1. The maximum Gasteiger partial charge on any atom is 0.223 e. The molecular weight excluding hydrogens is 338 g/mol. The number of aromatic amines is 1. The van der Waals surface area contributed by atoms with E-state index in [2.05, 4.69) is 4.98 Å². The van der Waals surface area contributed by atoms with Gasteiger partial charge in [-0.15, -0.1) is 0 Å². The number of amides is 1. The van der Waals surface area contributed by atoms with Crippen molar-refractivity contribution < 1.29 is 9.59 Å². The molecule has 5 nitrogen and oxygen atoms in total. The quantitative estimate of drug-likeness (QED) is 0.700. The molecule has 138 valence electrons. The number of Topliss-reactive ketones (excluding diaryl/α,β-unsaturated/α-hetero) is 1. The molecule has 0 atom stereocenters. The molecular formula is C22H23N3O2. The first-order valence-corrected chi connectivity index (χ1v) is 9.51. The molecule has 0 saturated carbocycles. The number of fused-ring (bicyclic) bond motifs is 1. The number of rotatable bonds is 5. The lowest BCUT2D eigenvalue weighted by Crippen LogP contribution is -2.38. The van der Waals surface area contributed by atoms with Gasteiger partial charge in [0.15, 0.2) is 5.78 Å². The number of H-pyrrole nitrogens is 1. The number of nitrogens with one attached hydrogen (secondary N) is 1. The molecule has 1 saturated heterocycles. The summed E-state index contributed by atoms with van der Waals surface area (Å²) in [6.07, 6.45) is 2.35. The number of aromatic nitrogens is 2. The summed E-state index contributed by atoms with van der Waals surface area (Å²) in [6.45, 7) is 1.44. The molecule has 0 unspecified atom stereocenters. The van der Waals surface area contributed by atoms with Gasteiger partial charge in [-0.1, -0.05) is 42.5 Å². The molecule has 3 aromatic rings. The summed E-state index contributed by atoms with van der Waals surface area (Å²) >= 11 is 0. The van der Waals surface area contributed by atoms with Crippen molar-refractivity contribution >= 4 is 22.7 Å². The van der Waals surface area contributed by atoms with Crippen molar-refractivity contribution in [3.05, 3.63) is 66.0 Å². The van der Waals surface area contributed by atoms with E-state index in [-0.39, 0.29) is 24.5 Å². The Balaban J connectivity index is 1.29. The van der Waals surface area contributed by atoms with Crippen LogP contribution in [-0.2, 0) is 4.79 Å². The second kappa shape index (κ2) is 7.74. The fourth-order valence-corrected chi connectivity index (χ4v) is 3.72. The zero-order valence-electron chi connectivity index (χ0n) is 15.2. The van der Waals surface area contributed by atoms with Crippen LogP contribution in [0.3, 0.4) is 0 Å². The highest BCUT2D eigenvalue weighted by Gasteiger charge is 2.26. The second-order valence-corrected chi connectivity index (χ2v) is 7.08. The van der Waals surface area contributed by atoms with E-state index in [1.165, 1.54) is 0 Å². The second-order valence-electron chi connectivity index (χ2n) is 7.08. The number of hydrogen-bond acceptors (Lipinski definition) is 3. The first kappa shape index (κ1) is 17.5. The van der Waals surface area contributed by atoms with Gasteiger partial charge in [-0.3, -0.25) is 9.59 Å². The van der Waals surface area contributed by atoms with E-state index < -0.39 is 0 Å². The molecule has 2 aromatic carbocycles. The van der Waals surface area contributed by atoms with Gasteiger partial charge in [0.1, 0.15) is 5.82 Å². The molecule has 1 fully saturated rings. The Morgan fingerprint density at radius 2 is 1.67 bits per heavy atom. The van der Waals surface area contributed by atoms with Crippen LogP contribution in [0.25, 0.3) is 11.0 Å². The van der Waals surface area contributed by atoms with Gasteiger partial charge in [0.25, 0.3) is 0 Å². The van der Waals surface area contributed by atoms with Gasteiger partial charge in [-0.05, 0) is 25.0 Å². The molecule has 5 heteroatoms. The number of imidazole rings is 1. The summed E-state index contributed by atoms with van der Waals surface area (Å²) in [5, 5.41) is 0. The maximum atomic E-state index is 12.5. The van der Waals surface area contributed by atoms with Crippen LogP contribution in [0.4, 0.5) is 0 Å². The normalized spacial score (nSPS) is 15.2. The number of nitrogens with zero attached hydrogens (tertiary/aromatic N) is 2. The Labute approximate surface area is 158 Å². The number of carbonyl (C=O) groups is 2. The highest BCUT2D eigenvalue weighted by Crippen LogP contribution is 2.28. The number of benzene rings is 2. The highest BCUT2D eigenvalue weighted by atomic mass is 16.2. The van der Waals surface area contributed by atoms with Crippen LogP contribution in [0.5, 0.6) is 0 Å². The van der Waals surface area contributed by atoms with Crippen molar-refractivity contribution in [2.24, 2.45) is 0 Å². The van der Waals surface area contributed by atoms with Gasteiger partial charge in [0.05, 0.1) is 11.0 Å². The van der Waals surface area contributed by atoms with E-state index in [0.29, 0.717) is 11.5 Å². The fourth-order valence-electron chi connectivity index (χ4n) is 3.72. The molecule has 1 aromatic heterocycles. The Morgan fingerprint density at radius 3 is 2.41 bits per heavy atom. The maximum absolute atomic E-state index is 12.5. The summed E-state index contributed by atoms with van der Waals surface area (Å²) in [5.41, 5.74) is 2.73. The van der Waals surface area contributed by atoms with Crippen molar-refractivity contribution in [3.63, 3.8) is 0 Å². The monoisotopic (exact) mass is 361 g/mol. The van der Waals surface area contributed by atoms with E-state index >= 15 is 0 Å². The fraction of sp³-hybridized carbons (Fsp3) is 0.318. The van der Waals surface area contributed by atoms with Gasteiger partial charge >= 0.3 is 0 Å². The Bertz CT molecular complexity index is 907. The molecule has 1 amide bonds. The third-order valence-corrected chi connectivity index (χ3v) is 5.30. The minimum Gasteiger partial charge on any atom is -0.343 e. The number of piperidine rings is 1. The van der Waals surface area contributed by atoms with Gasteiger partial charge < -0.3 is 9.88 Å². The largest absolute Gasteiger partial charge is 0.343 e. The van der Waals surface area contributed by atoms with Crippen molar-refractivity contribution in [2.45, 2.75) is 31.6 Å². The lowest BCUT2D eigenvalue weighted by molar-refractivity contribution is -0.132. The smallest absolute Gasteiger partial charge is 0.223 e. The van der Waals surface area contributed by atoms with Crippen LogP contribution in [0.1, 0.15) is 47.8 Å². The van der Waals surface area contributed by atoms with E-state index in [4.69, 9.17) is 4.98 Å². The molecule has 0 bridgehead atoms. The third-order valence-electron chi connectivity index (χ3n) is 5.30. The SMILES string of the molecule is O=C(CCC(=O)N1CCC(c2nc3ccccc3[nH]2)CC1)c1ccccc1. The van der Waals surface area contributed by atoms with E-state index in [0.717, 1.165) is 42.8 Å². The molecule has 0 spiro atoms. The number of carbonyl (C=O) groups excluding carboxylic acids is 2. The lowest BCUT2D eigenvalue weighted by Gasteiger charge is -2.31. The average molecular weight is 361 g/mol. The summed E-state index contributed by atoms with van der Waals surface area (Å²) in [4.78, 5) is 34.6. The van der Waals surface area contributed by atoms with E-state index in [9.17, 15) is 9.59 Å². The zero-order valence-corrected chi connectivity index (χ0v) is 15.2. The van der Waals surface area contributed by atoms with Gasteiger partial charge in [0.2, 0.25) is 5.91 Å². The van der Waals surface area contributed by atoms with Crippen LogP contribution in [0, 0.1) is 0 Å². The predicted octanol–water partition coefficient (Wildman–Crippen LogP) is 3.93. The molecule has 1 N–H and O–H groups in total. The van der Waals surface area contributed by atoms with Crippen LogP contribution in [0.2, 0.25) is 0 Å². The third kappa shape index (κ3) is 3.92. The lowest BCUT2D eigenvalue weighted by atomic mass is 9.95. The molecule has 4 rings (SSSR count). The average Bonchev–Trinajstić information content (AvgIpc) is 3.17. The summed E-state index contributed by atoms with van der Waals surface area (Å²) < 4.78 is 0. The summed E-state index contributed by atoms with van der Waals surface area (Å²) in [6, 6.07) is 17.2. The van der Waals surface area contributed by atoms with Crippen LogP contribution in [0.15, 0.2) is 54.6 Å². The first-order valence-electron chi connectivity index (χ1n) is 9.51. The van der Waals surface area contributed by atoms with Crippen molar-refractivity contribution in [2.75, 3.05) is 13.1 Å². The summed E-state index contributed by atoms with van der Waals surface area (Å²) in [7, 11) is 0. The Morgan fingerprint density at radius 1 is 0.963 bits per heavy atom. The zero-order chi connectivity index (χ0) is 18.6. The van der Waals surface area contributed by atoms with Crippen molar-refractivity contribution in [3.8, 4) is 0 Å². The first-order chi connectivity index (χ1) is 13.2. The standard InChI is InChI=1S/C22H23N3O2/c26-20(16-6-2-1-3-7-16)10-11-21(27)25-14-12-17(13-15-25)22-23-18-8-4-5-9-19(18)24-22/h1-9,17H,10-15H2,(H,23,24). The minimum atomic E-state index is 0.0288. The van der Waals surface area contributed by atoms with Crippen LogP contribution < -0.4 is 0 Å². The molecule has 0 radical (unpaired) electrons. The van der Waals surface area contributed by atoms with Gasteiger partial charge in [-0.2, -0.15) is 0 Å². The van der Waals surface area contributed by atoms with Crippen LogP contribution in [-0.4, -0.2) is 39.6 Å². The van der Waals surface area contributed by atoms with E-state index in [1.54, 1.807) is 12.1 Å². The molecule has 2 heterocycles. The van der Waals surface area contributed by atoms with Gasteiger partial charge in [0, 0.05) is 37.4 Å². The van der Waals surface area contributed by atoms with Crippen LogP contribution >= 0.6 is 0 Å². The van der Waals surface area contributed by atoms with Gasteiger partial charge in [-0.25, -0.2) is 4.98 Å².